The average molecular weight is 447 g/mol. The van der Waals surface area contributed by atoms with Gasteiger partial charge in [-0.25, -0.2) is 9.37 Å². The lowest BCUT2D eigenvalue weighted by Gasteiger charge is -2.20. The van der Waals surface area contributed by atoms with Crippen molar-refractivity contribution in [3.8, 4) is 22.9 Å². The number of nitrogens with one attached hydrogen (secondary N) is 3. The molecule has 4 heterocycles. The maximum atomic E-state index is 14.4. The minimum Gasteiger partial charge on any atom is -0.492 e. The van der Waals surface area contributed by atoms with Gasteiger partial charge in [-0.2, -0.15) is 0 Å². The number of nitrogens with zero attached hydrogens (tertiary/aromatic N) is 2. The summed E-state index contributed by atoms with van der Waals surface area (Å²) in [5.74, 6) is -0.168. The molecule has 0 fully saturated rings. The van der Waals surface area contributed by atoms with Crippen molar-refractivity contribution in [1.29, 1.82) is 0 Å². The lowest BCUT2D eigenvalue weighted by atomic mass is 9.98. The van der Waals surface area contributed by atoms with Crippen LogP contribution in [0.3, 0.4) is 0 Å². The third-order valence-corrected chi connectivity index (χ3v) is 5.79. The predicted octanol–water partition coefficient (Wildman–Crippen LogP) is 4.37. The van der Waals surface area contributed by atoms with Gasteiger partial charge in [-0.3, -0.25) is 9.78 Å². The van der Waals surface area contributed by atoms with Crippen molar-refractivity contribution in [3.63, 3.8) is 0 Å². The second kappa shape index (κ2) is 8.09. The summed E-state index contributed by atoms with van der Waals surface area (Å²) in [6, 6.07) is 9.98. The molecule has 1 amide bonds. The minimum atomic E-state index is -0.507. The van der Waals surface area contributed by atoms with Crippen molar-refractivity contribution in [3.05, 3.63) is 59.7 Å². The zero-order valence-electron chi connectivity index (χ0n) is 18.3. The normalized spacial score (nSPS) is 15.2. The van der Waals surface area contributed by atoms with Crippen molar-refractivity contribution in [2.45, 2.75) is 12.8 Å². The molecule has 33 heavy (non-hydrogen) atoms. The van der Waals surface area contributed by atoms with Crippen LogP contribution in [-0.4, -0.2) is 41.6 Å². The molecule has 1 aromatic carbocycles. The zero-order chi connectivity index (χ0) is 23.1. The van der Waals surface area contributed by atoms with Crippen LogP contribution in [-0.2, 0) is 0 Å². The van der Waals surface area contributed by atoms with Crippen molar-refractivity contribution >= 4 is 28.3 Å². The molecule has 168 valence electrons. The molecule has 0 spiro atoms. The van der Waals surface area contributed by atoms with E-state index < -0.39 is 5.82 Å². The molecule has 1 atom stereocenters. The largest absolute Gasteiger partial charge is 0.492 e. The van der Waals surface area contributed by atoms with E-state index in [9.17, 15) is 9.18 Å². The standard InChI is InChI=1S/C24H22FN5O3/c1-12-11-27-24(31)18-19(12)30-21(22(18)28-16-6-4-5-14(25)23(16)33-3)13-9-10-26-15-7-8-17(32-2)29-20(13)15/h4-10,12,28,30H,11H2,1-3H3,(H,27,31). The summed E-state index contributed by atoms with van der Waals surface area (Å²) in [6.45, 7) is 2.54. The third kappa shape index (κ3) is 3.42. The number of aromatic amines is 1. The van der Waals surface area contributed by atoms with E-state index in [0.29, 0.717) is 46.1 Å². The van der Waals surface area contributed by atoms with Gasteiger partial charge in [0.1, 0.15) is 5.52 Å². The summed E-state index contributed by atoms with van der Waals surface area (Å²) >= 11 is 0. The van der Waals surface area contributed by atoms with Crippen LogP contribution in [0.1, 0.15) is 28.9 Å². The lowest BCUT2D eigenvalue weighted by Crippen LogP contribution is -2.33. The first kappa shape index (κ1) is 20.7. The van der Waals surface area contributed by atoms with Crippen LogP contribution >= 0.6 is 0 Å². The van der Waals surface area contributed by atoms with E-state index in [0.717, 1.165) is 11.3 Å². The summed E-state index contributed by atoms with van der Waals surface area (Å²) in [5.41, 5.74) is 4.83. The molecular formula is C24H22FN5O3. The Morgan fingerprint density at radius 2 is 2.00 bits per heavy atom. The quantitative estimate of drug-likeness (QED) is 0.420. The van der Waals surface area contributed by atoms with E-state index in [4.69, 9.17) is 9.47 Å². The number of para-hydroxylation sites is 1. The van der Waals surface area contributed by atoms with Gasteiger partial charge in [-0.05, 0) is 24.3 Å². The second-order valence-electron chi connectivity index (χ2n) is 7.80. The molecule has 9 heteroatoms. The first-order valence-electron chi connectivity index (χ1n) is 10.5. The molecular weight excluding hydrogens is 425 g/mol. The van der Waals surface area contributed by atoms with E-state index in [1.54, 1.807) is 31.5 Å². The number of carbonyl (C=O) groups excluding carboxylic acids is 1. The number of hydrogen-bond acceptors (Lipinski definition) is 6. The summed E-state index contributed by atoms with van der Waals surface area (Å²) in [7, 11) is 2.95. The molecule has 5 rings (SSSR count). The average Bonchev–Trinajstić information content (AvgIpc) is 3.21. The van der Waals surface area contributed by atoms with Crippen LogP contribution < -0.4 is 20.1 Å². The van der Waals surface area contributed by atoms with Gasteiger partial charge in [-0.15, -0.1) is 0 Å². The summed E-state index contributed by atoms with van der Waals surface area (Å²) < 4.78 is 25.0. The Kier molecular flexibility index (Phi) is 5.08. The molecule has 1 aliphatic heterocycles. The van der Waals surface area contributed by atoms with Crippen LogP contribution in [0.15, 0.2) is 42.6 Å². The molecule has 3 N–H and O–H groups in total. The Morgan fingerprint density at radius 1 is 1.15 bits per heavy atom. The number of carbonyl (C=O) groups is 1. The van der Waals surface area contributed by atoms with Crippen LogP contribution in [0.5, 0.6) is 11.6 Å². The number of H-pyrrole nitrogens is 1. The van der Waals surface area contributed by atoms with Crippen LogP contribution in [0.2, 0.25) is 0 Å². The van der Waals surface area contributed by atoms with Crippen molar-refractivity contribution in [2.75, 3.05) is 26.1 Å². The number of halogens is 1. The molecule has 1 aliphatic rings. The Morgan fingerprint density at radius 3 is 2.79 bits per heavy atom. The van der Waals surface area contributed by atoms with E-state index in [1.807, 2.05) is 19.1 Å². The number of aromatic nitrogens is 3. The molecule has 0 bridgehead atoms. The first-order valence-corrected chi connectivity index (χ1v) is 10.5. The maximum Gasteiger partial charge on any atom is 0.255 e. The number of rotatable bonds is 5. The molecule has 0 radical (unpaired) electrons. The van der Waals surface area contributed by atoms with E-state index in [-0.39, 0.29) is 17.6 Å². The highest BCUT2D eigenvalue weighted by atomic mass is 19.1. The van der Waals surface area contributed by atoms with Gasteiger partial charge in [-0.1, -0.05) is 13.0 Å². The molecule has 8 nitrogen and oxygen atoms in total. The van der Waals surface area contributed by atoms with Gasteiger partial charge in [0, 0.05) is 36.0 Å². The van der Waals surface area contributed by atoms with Gasteiger partial charge in [0.25, 0.3) is 5.91 Å². The van der Waals surface area contributed by atoms with Gasteiger partial charge in [0.15, 0.2) is 11.6 Å². The maximum absolute atomic E-state index is 14.4. The fourth-order valence-corrected chi connectivity index (χ4v) is 4.16. The van der Waals surface area contributed by atoms with Crippen LogP contribution in [0.4, 0.5) is 15.8 Å². The number of ether oxygens (including phenoxy) is 2. The molecule has 0 saturated heterocycles. The summed E-state index contributed by atoms with van der Waals surface area (Å²) in [4.78, 5) is 25.4. The number of anilines is 2. The number of methoxy groups -OCH3 is 2. The number of pyridine rings is 2. The van der Waals surface area contributed by atoms with E-state index in [2.05, 4.69) is 25.6 Å². The van der Waals surface area contributed by atoms with Crippen molar-refractivity contribution in [1.82, 2.24) is 20.3 Å². The van der Waals surface area contributed by atoms with Gasteiger partial charge >= 0.3 is 0 Å². The Hall–Kier alpha value is -4.14. The number of amides is 1. The van der Waals surface area contributed by atoms with Gasteiger partial charge < -0.3 is 25.1 Å². The highest BCUT2D eigenvalue weighted by Crippen LogP contribution is 2.42. The van der Waals surface area contributed by atoms with Gasteiger partial charge in [0.05, 0.1) is 42.4 Å². The van der Waals surface area contributed by atoms with Crippen molar-refractivity contribution < 1.29 is 18.7 Å². The van der Waals surface area contributed by atoms with Crippen LogP contribution in [0, 0.1) is 5.82 Å². The Labute approximate surface area is 189 Å². The number of benzene rings is 1. The zero-order valence-corrected chi connectivity index (χ0v) is 18.3. The van der Waals surface area contributed by atoms with Crippen molar-refractivity contribution in [2.24, 2.45) is 0 Å². The molecule has 4 aromatic rings. The summed E-state index contributed by atoms with van der Waals surface area (Å²) in [6.07, 6.45) is 1.68. The van der Waals surface area contributed by atoms with E-state index in [1.165, 1.54) is 13.2 Å². The SMILES string of the molecule is COc1ccc2nccc(-c3[nH]c4c(c3Nc3cccc(F)c3OC)C(=O)NCC4C)c2n1. The second-order valence-corrected chi connectivity index (χ2v) is 7.80. The first-order chi connectivity index (χ1) is 16.0. The smallest absolute Gasteiger partial charge is 0.255 e. The molecule has 0 saturated carbocycles. The summed E-state index contributed by atoms with van der Waals surface area (Å²) in [5, 5.41) is 6.17. The Balaban J connectivity index is 1.78. The monoisotopic (exact) mass is 447 g/mol. The molecule has 0 aliphatic carbocycles. The fourth-order valence-electron chi connectivity index (χ4n) is 4.16. The highest BCUT2D eigenvalue weighted by Gasteiger charge is 2.32. The van der Waals surface area contributed by atoms with Gasteiger partial charge in [0.2, 0.25) is 5.88 Å². The lowest BCUT2D eigenvalue weighted by molar-refractivity contribution is 0.0942. The third-order valence-electron chi connectivity index (χ3n) is 5.79. The predicted molar refractivity (Wildman–Crippen MR) is 123 cm³/mol. The Bertz CT molecular complexity index is 1380. The van der Waals surface area contributed by atoms with Crippen LogP contribution in [0.25, 0.3) is 22.3 Å². The number of fused-ring (bicyclic) bond motifs is 2. The number of hydrogen-bond donors (Lipinski definition) is 3. The minimum absolute atomic E-state index is 0.0528. The highest BCUT2D eigenvalue weighted by molar-refractivity contribution is 6.08. The van der Waals surface area contributed by atoms with E-state index >= 15 is 0 Å². The molecule has 1 unspecified atom stereocenters. The fraction of sp³-hybridized carbons (Fsp3) is 0.208. The topological polar surface area (TPSA) is 101 Å². The molecule has 3 aromatic heterocycles.